The SMILES string of the molecule is C=CC(=O)O.C=CC(=O)OCCCCCCCCCCCCCCCCCC. The first-order valence-corrected chi connectivity index (χ1v) is 11.2. The second kappa shape index (κ2) is 25.4. The Kier molecular flexibility index (Phi) is 26.0. The molecule has 0 amide bonds. The molecule has 1 N–H and O–H groups in total. The highest BCUT2D eigenvalue weighted by molar-refractivity contribution is 5.81. The third kappa shape index (κ3) is 29.2. The van der Waals surface area contributed by atoms with E-state index in [0.717, 1.165) is 12.5 Å². The van der Waals surface area contributed by atoms with Crippen LogP contribution in [0.2, 0.25) is 0 Å². The Labute approximate surface area is 173 Å². The molecule has 0 aliphatic carbocycles. The summed E-state index contributed by atoms with van der Waals surface area (Å²) in [5.74, 6) is -1.28. The van der Waals surface area contributed by atoms with Gasteiger partial charge in [-0.2, -0.15) is 0 Å². The number of carbonyl (C=O) groups excluding carboxylic acids is 1. The van der Waals surface area contributed by atoms with Crippen LogP contribution < -0.4 is 0 Å². The van der Waals surface area contributed by atoms with Crippen LogP contribution >= 0.6 is 0 Å². The summed E-state index contributed by atoms with van der Waals surface area (Å²) in [7, 11) is 0. The third-order valence-electron chi connectivity index (χ3n) is 4.58. The molecule has 0 aliphatic heterocycles. The van der Waals surface area contributed by atoms with E-state index in [2.05, 4.69) is 20.1 Å². The molecule has 0 spiro atoms. The number of hydrogen-bond acceptors (Lipinski definition) is 3. The van der Waals surface area contributed by atoms with Gasteiger partial charge in [0, 0.05) is 12.2 Å². The maximum absolute atomic E-state index is 10.8. The van der Waals surface area contributed by atoms with Gasteiger partial charge in [0.1, 0.15) is 0 Å². The van der Waals surface area contributed by atoms with Crippen molar-refractivity contribution >= 4 is 11.9 Å². The first-order chi connectivity index (χ1) is 13.6. The summed E-state index contributed by atoms with van der Waals surface area (Å²) < 4.78 is 4.95. The summed E-state index contributed by atoms with van der Waals surface area (Å²) in [5, 5.41) is 7.60. The number of aliphatic carboxylic acids is 1. The molecule has 0 aliphatic rings. The molecule has 0 bridgehead atoms. The average molecular weight is 397 g/mol. The monoisotopic (exact) mass is 396 g/mol. The van der Waals surface area contributed by atoms with Crippen LogP contribution in [-0.4, -0.2) is 23.7 Å². The van der Waals surface area contributed by atoms with Crippen molar-refractivity contribution in [3.63, 3.8) is 0 Å². The maximum Gasteiger partial charge on any atom is 0.330 e. The number of carboxylic acid groups (broad SMARTS) is 1. The Bertz CT molecular complexity index is 377. The fraction of sp³-hybridized carbons (Fsp3) is 0.750. The first kappa shape index (κ1) is 28.6. The highest BCUT2D eigenvalue weighted by Crippen LogP contribution is 2.13. The molecule has 0 unspecified atom stereocenters. The van der Waals surface area contributed by atoms with Crippen molar-refractivity contribution in [2.75, 3.05) is 6.61 Å². The van der Waals surface area contributed by atoms with Gasteiger partial charge in [0.2, 0.25) is 0 Å². The summed E-state index contributed by atoms with van der Waals surface area (Å²) in [6.45, 7) is 9.17. The lowest BCUT2D eigenvalue weighted by Crippen LogP contribution is -2.01. The van der Waals surface area contributed by atoms with Gasteiger partial charge < -0.3 is 9.84 Å². The Hall–Kier alpha value is -1.58. The van der Waals surface area contributed by atoms with Crippen LogP contribution in [0.5, 0.6) is 0 Å². The first-order valence-electron chi connectivity index (χ1n) is 11.2. The van der Waals surface area contributed by atoms with E-state index >= 15 is 0 Å². The summed E-state index contributed by atoms with van der Waals surface area (Å²) in [6.07, 6.45) is 23.8. The Morgan fingerprint density at radius 2 is 1.00 bits per heavy atom. The molecule has 4 heteroatoms. The lowest BCUT2D eigenvalue weighted by atomic mass is 10.0. The Morgan fingerprint density at radius 1 is 0.679 bits per heavy atom. The van der Waals surface area contributed by atoms with Gasteiger partial charge in [-0.25, -0.2) is 9.59 Å². The zero-order chi connectivity index (χ0) is 21.3. The van der Waals surface area contributed by atoms with Gasteiger partial charge in [0.25, 0.3) is 0 Å². The van der Waals surface area contributed by atoms with Crippen molar-refractivity contribution in [2.24, 2.45) is 0 Å². The maximum atomic E-state index is 10.8. The van der Waals surface area contributed by atoms with Crippen LogP contribution in [0.25, 0.3) is 0 Å². The van der Waals surface area contributed by atoms with E-state index in [-0.39, 0.29) is 5.97 Å². The smallest absolute Gasteiger partial charge is 0.330 e. The second-order valence-corrected chi connectivity index (χ2v) is 7.22. The van der Waals surface area contributed by atoms with Gasteiger partial charge in [-0.1, -0.05) is 116 Å². The Balaban J connectivity index is 0. The summed E-state index contributed by atoms with van der Waals surface area (Å²) in [6, 6.07) is 0. The van der Waals surface area contributed by atoms with E-state index in [0.29, 0.717) is 6.61 Å². The highest BCUT2D eigenvalue weighted by atomic mass is 16.5. The van der Waals surface area contributed by atoms with Gasteiger partial charge in [0.05, 0.1) is 6.61 Å². The van der Waals surface area contributed by atoms with Crippen LogP contribution in [0.4, 0.5) is 0 Å². The molecule has 0 aromatic carbocycles. The topological polar surface area (TPSA) is 63.6 Å². The van der Waals surface area contributed by atoms with Crippen molar-refractivity contribution in [1.29, 1.82) is 0 Å². The van der Waals surface area contributed by atoms with E-state index in [1.807, 2.05) is 0 Å². The lowest BCUT2D eigenvalue weighted by Gasteiger charge is -2.04. The van der Waals surface area contributed by atoms with Gasteiger partial charge >= 0.3 is 11.9 Å². The minimum atomic E-state index is -0.981. The molecule has 0 fully saturated rings. The number of esters is 1. The number of ether oxygens (including phenoxy) is 1. The van der Waals surface area contributed by atoms with E-state index in [9.17, 15) is 9.59 Å². The number of unbranched alkanes of at least 4 members (excludes halogenated alkanes) is 15. The molecule has 4 nitrogen and oxygen atoms in total. The second-order valence-electron chi connectivity index (χ2n) is 7.22. The molecule has 0 heterocycles. The van der Waals surface area contributed by atoms with Gasteiger partial charge in [-0.3, -0.25) is 0 Å². The molecule has 164 valence electrons. The zero-order valence-electron chi connectivity index (χ0n) is 18.3. The van der Waals surface area contributed by atoms with Crippen LogP contribution in [0.3, 0.4) is 0 Å². The normalized spacial score (nSPS) is 9.89. The van der Waals surface area contributed by atoms with E-state index in [1.165, 1.54) is 102 Å². The molecule has 28 heavy (non-hydrogen) atoms. The Morgan fingerprint density at radius 3 is 1.29 bits per heavy atom. The molecule has 0 saturated heterocycles. The third-order valence-corrected chi connectivity index (χ3v) is 4.58. The largest absolute Gasteiger partial charge is 0.478 e. The van der Waals surface area contributed by atoms with Crippen molar-refractivity contribution in [2.45, 2.75) is 110 Å². The van der Waals surface area contributed by atoms with Crippen LogP contribution in [0.1, 0.15) is 110 Å². The molecule has 0 aromatic heterocycles. The van der Waals surface area contributed by atoms with E-state index < -0.39 is 5.97 Å². The molecular formula is C24H44O4. The minimum absolute atomic E-state index is 0.300. The highest BCUT2D eigenvalue weighted by Gasteiger charge is 1.96. The standard InChI is InChI=1S/C21H40O2.C3H4O2/c1-3-5-6-7-8-9-10-11-12-13-14-15-16-17-18-19-20-23-21(22)4-2;1-2-3(4)5/h4H,2-3,5-20H2,1H3;2H,1H2,(H,4,5). The predicted octanol–water partition coefficient (Wildman–Crippen LogP) is 7.23. The lowest BCUT2D eigenvalue weighted by molar-refractivity contribution is -0.138. The summed E-state index contributed by atoms with van der Waals surface area (Å²) >= 11 is 0. The molecule has 0 saturated carbocycles. The fourth-order valence-electron chi connectivity index (χ4n) is 2.88. The molecule has 0 radical (unpaired) electrons. The number of hydrogen-bond donors (Lipinski definition) is 1. The quantitative estimate of drug-likeness (QED) is 0.142. The molecular weight excluding hydrogens is 352 g/mol. The fourth-order valence-corrected chi connectivity index (χ4v) is 2.88. The van der Waals surface area contributed by atoms with Crippen LogP contribution in [-0.2, 0) is 14.3 Å². The van der Waals surface area contributed by atoms with Crippen molar-refractivity contribution in [3.05, 3.63) is 25.3 Å². The average Bonchev–Trinajstić information content (AvgIpc) is 2.70. The van der Waals surface area contributed by atoms with Gasteiger partial charge in [0.15, 0.2) is 0 Å². The zero-order valence-corrected chi connectivity index (χ0v) is 18.3. The van der Waals surface area contributed by atoms with Crippen LogP contribution in [0, 0.1) is 0 Å². The van der Waals surface area contributed by atoms with Gasteiger partial charge in [-0.15, -0.1) is 0 Å². The van der Waals surface area contributed by atoms with Crippen molar-refractivity contribution < 1.29 is 19.4 Å². The van der Waals surface area contributed by atoms with E-state index in [4.69, 9.17) is 9.84 Å². The number of carboxylic acids is 1. The molecule has 0 aromatic rings. The van der Waals surface area contributed by atoms with Crippen molar-refractivity contribution in [1.82, 2.24) is 0 Å². The van der Waals surface area contributed by atoms with Crippen molar-refractivity contribution in [3.8, 4) is 0 Å². The van der Waals surface area contributed by atoms with E-state index in [1.54, 1.807) is 0 Å². The molecule has 0 rings (SSSR count). The summed E-state index contributed by atoms with van der Waals surface area (Å²) in [5.41, 5.74) is 0. The predicted molar refractivity (Wildman–Crippen MR) is 119 cm³/mol. The number of rotatable bonds is 19. The summed E-state index contributed by atoms with van der Waals surface area (Å²) in [4.78, 5) is 20.1. The van der Waals surface area contributed by atoms with Crippen LogP contribution in [0.15, 0.2) is 25.3 Å². The van der Waals surface area contributed by atoms with Gasteiger partial charge in [-0.05, 0) is 6.42 Å². The number of carbonyl (C=O) groups is 2. The molecule has 0 atom stereocenters. The minimum Gasteiger partial charge on any atom is -0.478 e.